The molecule has 41 heavy (non-hydrogen) atoms. The molecule has 5 rings (SSSR count). The van der Waals surface area contributed by atoms with Crippen LogP contribution in [0.4, 0.5) is 0 Å². The number of H-pyrrole nitrogens is 2. The fourth-order valence-electron chi connectivity index (χ4n) is 5.53. The molecule has 9 heteroatoms. The number of carbonyl (C=O) groups excluding carboxylic acids is 2. The number of thioether (sulfide) groups is 1. The van der Waals surface area contributed by atoms with Gasteiger partial charge in [0.15, 0.2) is 10.9 Å². The number of esters is 1. The van der Waals surface area contributed by atoms with Gasteiger partial charge in [-0.1, -0.05) is 69.0 Å². The second kappa shape index (κ2) is 13.3. The minimum absolute atomic E-state index is 0.111. The van der Waals surface area contributed by atoms with Gasteiger partial charge in [-0.2, -0.15) is 0 Å². The number of ether oxygens (including phenoxy) is 1. The Morgan fingerprint density at radius 3 is 2.61 bits per heavy atom. The highest BCUT2D eigenvalue weighted by Gasteiger charge is 2.20. The molecular formula is C32H36N4O4S. The first kappa shape index (κ1) is 28.8. The van der Waals surface area contributed by atoms with Gasteiger partial charge in [0, 0.05) is 34.6 Å². The quantitative estimate of drug-likeness (QED) is 0.0722. The summed E-state index contributed by atoms with van der Waals surface area (Å²) in [6.45, 7) is 1.98. The second-order valence-electron chi connectivity index (χ2n) is 10.7. The van der Waals surface area contributed by atoms with Gasteiger partial charge in [0.1, 0.15) is 11.8 Å². The Hall–Kier alpha value is -3.69. The summed E-state index contributed by atoms with van der Waals surface area (Å²) in [5.41, 5.74) is 10.1. The molecule has 1 atom stereocenters. The summed E-state index contributed by atoms with van der Waals surface area (Å²) in [5.74, 6) is 0.367. The molecule has 0 bridgehead atoms. The molecule has 0 spiro atoms. The number of para-hydroxylation sites is 1. The first-order chi connectivity index (χ1) is 19.9. The molecule has 1 fully saturated rings. The highest BCUT2D eigenvalue weighted by Crippen LogP contribution is 2.28. The zero-order valence-electron chi connectivity index (χ0n) is 23.3. The van der Waals surface area contributed by atoms with Crippen molar-refractivity contribution in [3.8, 4) is 5.75 Å². The summed E-state index contributed by atoms with van der Waals surface area (Å²) in [4.78, 5) is 49.0. The van der Waals surface area contributed by atoms with Crippen molar-refractivity contribution in [3.05, 3.63) is 87.5 Å². The van der Waals surface area contributed by atoms with E-state index >= 15 is 0 Å². The van der Waals surface area contributed by atoms with Crippen molar-refractivity contribution in [2.24, 2.45) is 11.7 Å². The third kappa shape index (κ3) is 7.15. The number of fused-ring (bicyclic) bond motifs is 1. The third-order valence-electron chi connectivity index (χ3n) is 7.79. The number of hydrogen-bond acceptors (Lipinski definition) is 7. The lowest BCUT2D eigenvalue weighted by atomic mass is 9.85. The molecule has 0 saturated heterocycles. The predicted octanol–water partition coefficient (Wildman–Crippen LogP) is 5.39. The third-order valence-corrected chi connectivity index (χ3v) is 8.67. The molecule has 0 amide bonds. The predicted molar refractivity (Wildman–Crippen MR) is 162 cm³/mol. The minimum atomic E-state index is -0.830. The molecule has 1 saturated carbocycles. The van der Waals surface area contributed by atoms with Crippen LogP contribution in [-0.2, 0) is 24.1 Å². The number of carbonyl (C=O) groups is 2. The van der Waals surface area contributed by atoms with Crippen molar-refractivity contribution < 1.29 is 14.3 Å². The van der Waals surface area contributed by atoms with Crippen LogP contribution < -0.4 is 16.0 Å². The highest BCUT2D eigenvalue weighted by molar-refractivity contribution is 7.99. The van der Waals surface area contributed by atoms with E-state index in [0.29, 0.717) is 35.2 Å². The molecule has 0 aliphatic heterocycles. The van der Waals surface area contributed by atoms with Gasteiger partial charge >= 0.3 is 5.97 Å². The molecule has 1 aliphatic rings. The van der Waals surface area contributed by atoms with Gasteiger partial charge in [-0.15, -0.1) is 0 Å². The Labute approximate surface area is 243 Å². The number of nitrogens with zero attached hydrogens (tertiary/aromatic N) is 1. The van der Waals surface area contributed by atoms with Crippen LogP contribution in [0.1, 0.15) is 66.2 Å². The SMILES string of the molecule is CCc1c(CC2CCCCC2)nc(SCC(=O)c2ccc(OC(=O)C(N)Cc3c[nH]c4ccccc34)cc2)[nH]c1=O. The zero-order valence-corrected chi connectivity index (χ0v) is 24.1. The molecule has 8 nitrogen and oxygen atoms in total. The first-order valence-corrected chi connectivity index (χ1v) is 15.3. The largest absolute Gasteiger partial charge is 0.425 e. The fourth-order valence-corrected chi connectivity index (χ4v) is 6.30. The summed E-state index contributed by atoms with van der Waals surface area (Å²) >= 11 is 1.23. The Bertz CT molecular complexity index is 1570. The van der Waals surface area contributed by atoms with E-state index in [1.165, 1.54) is 43.9 Å². The van der Waals surface area contributed by atoms with Crippen LogP contribution in [0.2, 0.25) is 0 Å². The first-order valence-electron chi connectivity index (χ1n) is 14.3. The van der Waals surface area contributed by atoms with Gasteiger partial charge < -0.3 is 20.4 Å². The summed E-state index contributed by atoms with van der Waals surface area (Å²) < 4.78 is 5.47. The molecule has 0 radical (unpaired) electrons. The summed E-state index contributed by atoms with van der Waals surface area (Å²) in [6, 6.07) is 13.4. The fraction of sp³-hybridized carbons (Fsp3) is 0.375. The van der Waals surface area contributed by atoms with E-state index in [1.54, 1.807) is 24.3 Å². The Kier molecular flexibility index (Phi) is 9.36. The van der Waals surface area contributed by atoms with Crippen LogP contribution in [0.3, 0.4) is 0 Å². The van der Waals surface area contributed by atoms with Gasteiger partial charge in [-0.25, -0.2) is 9.78 Å². The Morgan fingerprint density at radius 1 is 1.10 bits per heavy atom. The van der Waals surface area contributed by atoms with Crippen molar-refractivity contribution in [1.29, 1.82) is 0 Å². The van der Waals surface area contributed by atoms with Gasteiger partial charge in [-0.05, 0) is 54.7 Å². The molecule has 4 N–H and O–H groups in total. The summed E-state index contributed by atoms with van der Waals surface area (Å²) in [5, 5.41) is 1.50. The van der Waals surface area contributed by atoms with Crippen LogP contribution in [0.5, 0.6) is 5.75 Å². The number of Topliss-reactive ketones (excluding diaryl/α,β-unsaturated/α-hetero) is 1. The molecule has 1 unspecified atom stereocenters. The molecule has 2 heterocycles. The smallest absolute Gasteiger partial charge is 0.328 e. The minimum Gasteiger partial charge on any atom is -0.425 e. The second-order valence-corrected chi connectivity index (χ2v) is 11.6. The van der Waals surface area contributed by atoms with E-state index in [2.05, 4.69) is 9.97 Å². The maximum atomic E-state index is 12.9. The molecule has 214 valence electrons. The van der Waals surface area contributed by atoms with Crippen LogP contribution in [0.25, 0.3) is 10.9 Å². The Morgan fingerprint density at radius 2 is 1.85 bits per heavy atom. The number of hydrogen-bond donors (Lipinski definition) is 3. The maximum Gasteiger partial charge on any atom is 0.328 e. The maximum absolute atomic E-state index is 12.9. The number of rotatable bonds is 11. The lowest BCUT2D eigenvalue weighted by molar-refractivity contribution is -0.135. The summed E-state index contributed by atoms with van der Waals surface area (Å²) in [7, 11) is 0. The van der Waals surface area contributed by atoms with Crippen LogP contribution in [-0.4, -0.2) is 38.5 Å². The molecule has 2 aromatic carbocycles. The Balaban J connectivity index is 1.16. The lowest BCUT2D eigenvalue weighted by Gasteiger charge is -2.22. The van der Waals surface area contributed by atoms with Crippen LogP contribution >= 0.6 is 11.8 Å². The monoisotopic (exact) mass is 572 g/mol. The van der Waals surface area contributed by atoms with Crippen LogP contribution in [0.15, 0.2) is 64.7 Å². The lowest BCUT2D eigenvalue weighted by Crippen LogP contribution is -2.36. The van der Waals surface area contributed by atoms with Crippen molar-refractivity contribution in [2.75, 3.05) is 5.75 Å². The van der Waals surface area contributed by atoms with E-state index in [4.69, 9.17) is 15.5 Å². The number of aromatic amines is 2. The normalized spacial score (nSPS) is 14.7. The van der Waals surface area contributed by atoms with Gasteiger partial charge in [0.2, 0.25) is 0 Å². The highest BCUT2D eigenvalue weighted by atomic mass is 32.2. The molecule has 4 aromatic rings. The van der Waals surface area contributed by atoms with Gasteiger partial charge in [-0.3, -0.25) is 9.59 Å². The number of nitrogens with two attached hydrogens (primary N) is 1. The van der Waals surface area contributed by atoms with Gasteiger partial charge in [0.05, 0.1) is 11.4 Å². The number of ketones is 1. The van der Waals surface area contributed by atoms with Crippen molar-refractivity contribution in [1.82, 2.24) is 15.0 Å². The van der Waals surface area contributed by atoms with Crippen molar-refractivity contribution >= 4 is 34.4 Å². The standard InChI is InChI=1S/C32H36N4O4S/c1-2-24-28(16-20-8-4-3-5-9-20)35-32(36-30(24)38)41-19-29(37)21-12-14-23(15-13-21)40-31(39)26(33)17-22-18-34-27-11-7-6-10-25(22)27/h6-7,10-15,18,20,26,34H,2-5,8-9,16-17,19,33H2,1H3,(H,35,36,38). The average molecular weight is 573 g/mol. The molecule has 1 aliphatic carbocycles. The molecular weight excluding hydrogens is 536 g/mol. The van der Waals surface area contributed by atoms with E-state index in [1.807, 2.05) is 37.4 Å². The number of nitrogens with one attached hydrogen (secondary N) is 2. The summed E-state index contributed by atoms with van der Waals surface area (Å²) in [6.07, 6.45) is 9.78. The van der Waals surface area contributed by atoms with Crippen LogP contribution in [0, 0.1) is 5.92 Å². The average Bonchev–Trinajstić information content (AvgIpc) is 3.39. The topological polar surface area (TPSA) is 131 Å². The zero-order chi connectivity index (χ0) is 28.8. The van der Waals surface area contributed by atoms with Crippen molar-refractivity contribution in [2.45, 2.75) is 69.5 Å². The number of benzene rings is 2. The van der Waals surface area contributed by atoms with E-state index in [9.17, 15) is 14.4 Å². The van der Waals surface area contributed by atoms with E-state index in [0.717, 1.165) is 34.1 Å². The number of aromatic nitrogens is 3. The van der Waals surface area contributed by atoms with E-state index < -0.39 is 12.0 Å². The molecule has 2 aromatic heterocycles. The van der Waals surface area contributed by atoms with E-state index in [-0.39, 0.29) is 17.1 Å². The van der Waals surface area contributed by atoms with Gasteiger partial charge in [0.25, 0.3) is 5.56 Å². The van der Waals surface area contributed by atoms with Crippen molar-refractivity contribution in [3.63, 3.8) is 0 Å².